The molecule has 1 N–H and O–H groups in total. The average molecular weight is 420 g/mol. The van der Waals surface area contributed by atoms with E-state index in [1.54, 1.807) is 12.1 Å². The highest BCUT2D eigenvalue weighted by atomic mass is 16.5. The maximum absolute atomic E-state index is 9.87. The van der Waals surface area contributed by atoms with Crippen molar-refractivity contribution >= 4 is 28.2 Å². The molecule has 0 radical (unpaired) electrons. The number of phenolic OH excluding ortho intramolecular Hbond substituents is 1. The minimum absolute atomic E-state index is 0.170. The van der Waals surface area contributed by atoms with E-state index in [9.17, 15) is 5.11 Å². The summed E-state index contributed by atoms with van der Waals surface area (Å²) in [6, 6.07) is 18.2. The second-order valence-corrected chi connectivity index (χ2v) is 9.34. The lowest BCUT2D eigenvalue weighted by molar-refractivity contribution is 0.404. The number of allylic oxidation sites excluding steroid dienone is 4. The fraction of sp³-hybridized carbons (Fsp3) is 0.207. The van der Waals surface area contributed by atoms with Gasteiger partial charge in [-0.3, -0.25) is 4.99 Å². The second kappa shape index (κ2) is 6.96. The molecule has 2 aliphatic heterocycles. The number of rotatable bonds is 2. The number of benzene rings is 3. The average Bonchev–Trinajstić information content (AvgIpc) is 3.06. The van der Waals surface area contributed by atoms with E-state index < -0.39 is 0 Å². The van der Waals surface area contributed by atoms with Gasteiger partial charge in [-0.25, -0.2) is 0 Å². The largest absolute Gasteiger partial charge is 0.508 e. The zero-order valence-electron chi connectivity index (χ0n) is 18.4. The number of aromatic hydroxyl groups is 1. The van der Waals surface area contributed by atoms with Gasteiger partial charge in [0.15, 0.2) is 0 Å². The third-order valence-corrected chi connectivity index (χ3v) is 6.87. The molecule has 0 fully saturated rings. The lowest BCUT2D eigenvalue weighted by Crippen LogP contribution is -2.24. The van der Waals surface area contributed by atoms with Crippen molar-refractivity contribution in [3.8, 4) is 11.5 Å². The molecule has 1 aliphatic carbocycles. The zero-order chi connectivity index (χ0) is 21.9. The van der Waals surface area contributed by atoms with Crippen molar-refractivity contribution in [3.63, 3.8) is 0 Å². The molecule has 0 aromatic heterocycles. The fourth-order valence-corrected chi connectivity index (χ4v) is 5.19. The molecule has 0 atom stereocenters. The Morgan fingerprint density at radius 2 is 1.88 bits per heavy atom. The lowest BCUT2D eigenvalue weighted by Gasteiger charge is -2.27. The minimum Gasteiger partial charge on any atom is -0.508 e. The first-order valence-electron chi connectivity index (χ1n) is 11.3. The summed E-state index contributed by atoms with van der Waals surface area (Å²) in [6.07, 6.45) is 9.63. The zero-order valence-corrected chi connectivity index (χ0v) is 18.4. The van der Waals surface area contributed by atoms with Crippen molar-refractivity contribution in [2.45, 2.75) is 38.5 Å². The number of fused-ring (bicyclic) bond motifs is 5. The summed E-state index contributed by atoms with van der Waals surface area (Å²) in [7, 11) is 0. The van der Waals surface area contributed by atoms with Crippen LogP contribution in [0.25, 0.3) is 16.8 Å². The van der Waals surface area contributed by atoms with Crippen LogP contribution in [0.3, 0.4) is 0 Å². The molecule has 3 aromatic rings. The van der Waals surface area contributed by atoms with Gasteiger partial charge in [-0.05, 0) is 77.1 Å². The molecule has 32 heavy (non-hydrogen) atoms. The molecular weight excluding hydrogens is 394 g/mol. The van der Waals surface area contributed by atoms with E-state index in [-0.39, 0.29) is 11.2 Å². The molecule has 0 saturated heterocycles. The Hall–Kier alpha value is -3.59. The Morgan fingerprint density at radius 1 is 1.00 bits per heavy atom. The normalized spacial score (nSPS) is 18.7. The number of hydrogen-bond acceptors (Lipinski definition) is 3. The molecule has 158 valence electrons. The van der Waals surface area contributed by atoms with Crippen molar-refractivity contribution in [2.24, 2.45) is 4.99 Å². The van der Waals surface area contributed by atoms with Gasteiger partial charge in [0.2, 0.25) is 0 Å². The van der Waals surface area contributed by atoms with Crippen LogP contribution in [0, 0.1) is 0 Å². The summed E-state index contributed by atoms with van der Waals surface area (Å²) < 4.78 is 6.28. The molecule has 3 nitrogen and oxygen atoms in total. The molecule has 6 rings (SSSR count). The maximum Gasteiger partial charge on any atom is 0.138 e. The summed E-state index contributed by atoms with van der Waals surface area (Å²) in [6.45, 7) is 4.52. The molecule has 0 bridgehead atoms. The van der Waals surface area contributed by atoms with Crippen LogP contribution >= 0.6 is 0 Å². The lowest BCUT2D eigenvalue weighted by atomic mass is 9.78. The van der Waals surface area contributed by atoms with Crippen molar-refractivity contribution in [3.05, 3.63) is 94.8 Å². The standard InChI is InChI=1S/C29H25NO2/c1-29(2)26(30-24-14-11-18-6-3-4-9-23(18)27(24)29)15-12-19-7-5-8-21-16-20-10-13-22(31)17-25(20)32-28(19)21/h3-4,6,9-17,31H,5,7-8H2,1-2H3. The fourth-order valence-electron chi connectivity index (χ4n) is 5.19. The Balaban J connectivity index is 1.38. The summed E-state index contributed by atoms with van der Waals surface area (Å²) in [4.78, 5) is 5.01. The van der Waals surface area contributed by atoms with Gasteiger partial charge in [0.05, 0.1) is 11.4 Å². The molecule has 3 heteroatoms. The molecule has 0 saturated carbocycles. The van der Waals surface area contributed by atoms with Gasteiger partial charge in [-0.1, -0.05) is 50.3 Å². The minimum atomic E-state index is -0.170. The van der Waals surface area contributed by atoms with E-state index in [2.05, 4.69) is 68.5 Å². The first-order valence-corrected chi connectivity index (χ1v) is 11.3. The Bertz CT molecular complexity index is 1400. The summed E-state index contributed by atoms with van der Waals surface area (Å²) in [5.41, 5.74) is 6.71. The van der Waals surface area contributed by atoms with Crippen molar-refractivity contribution in [1.82, 2.24) is 0 Å². The Morgan fingerprint density at radius 3 is 2.78 bits per heavy atom. The van der Waals surface area contributed by atoms with Crippen molar-refractivity contribution in [2.75, 3.05) is 0 Å². The van der Waals surface area contributed by atoms with Gasteiger partial charge in [0.25, 0.3) is 0 Å². The highest BCUT2D eigenvalue weighted by molar-refractivity contribution is 6.12. The van der Waals surface area contributed by atoms with E-state index in [4.69, 9.17) is 9.73 Å². The first-order chi connectivity index (χ1) is 15.5. The number of hydrogen-bond donors (Lipinski definition) is 1. The van der Waals surface area contributed by atoms with E-state index >= 15 is 0 Å². The maximum atomic E-state index is 9.87. The Labute approximate surface area is 188 Å². The third-order valence-electron chi connectivity index (χ3n) is 6.87. The predicted octanol–water partition coefficient (Wildman–Crippen LogP) is 7.38. The van der Waals surface area contributed by atoms with E-state index in [0.29, 0.717) is 5.75 Å². The number of nitrogens with zero attached hydrogens (tertiary/aromatic N) is 1. The van der Waals surface area contributed by atoms with Gasteiger partial charge in [0, 0.05) is 17.0 Å². The predicted molar refractivity (Wildman–Crippen MR) is 131 cm³/mol. The quantitative estimate of drug-likeness (QED) is 0.471. The van der Waals surface area contributed by atoms with Crippen LogP contribution in [0.1, 0.15) is 44.2 Å². The van der Waals surface area contributed by atoms with Gasteiger partial charge < -0.3 is 9.84 Å². The Kier molecular flexibility index (Phi) is 4.16. The summed E-state index contributed by atoms with van der Waals surface area (Å²) in [5.74, 6) is 1.88. The molecule has 3 aliphatic rings. The van der Waals surface area contributed by atoms with E-state index in [0.717, 1.165) is 42.0 Å². The van der Waals surface area contributed by atoms with Crippen LogP contribution in [-0.4, -0.2) is 10.8 Å². The van der Waals surface area contributed by atoms with Crippen LogP contribution in [0.2, 0.25) is 0 Å². The number of phenols is 1. The topological polar surface area (TPSA) is 41.8 Å². The van der Waals surface area contributed by atoms with E-state index in [1.807, 2.05) is 6.07 Å². The van der Waals surface area contributed by atoms with E-state index in [1.165, 1.54) is 27.5 Å². The van der Waals surface area contributed by atoms with Crippen LogP contribution in [0.4, 0.5) is 5.69 Å². The molecule has 0 amide bonds. The monoisotopic (exact) mass is 419 g/mol. The second-order valence-electron chi connectivity index (χ2n) is 9.34. The van der Waals surface area contributed by atoms with Gasteiger partial charge in [-0.15, -0.1) is 0 Å². The van der Waals surface area contributed by atoms with Gasteiger partial charge in [-0.2, -0.15) is 0 Å². The number of aliphatic imine (C=N–C) groups is 1. The highest BCUT2D eigenvalue weighted by Gasteiger charge is 2.35. The first kappa shape index (κ1) is 19.1. The van der Waals surface area contributed by atoms with Crippen LogP contribution in [-0.2, 0) is 5.41 Å². The van der Waals surface area contributed by atoms with Crippen molar-refractivity contribution in [1.29, 1.82) is 0 Å². The molecular formula is C29H25NO2. The smallest absolute Gasteiger partial charge is 0.138 e. The summed E-state index contributed by atoms with van der Waals surface area (Å²) >= 11 is 0. The summed E-state index contributed by atoms with van der Waals surface area (Å²) in [5, 5.41) is 12.4. The van der Waals surface area contributed by atoms with Crippen LogP contribution in [0.15, 0.2) is 88.6 Å². The van der Waals surface area contributed by atoms with Crippen LogP contribution < -0.4 is 4.74 Å². The molecule has 2 heterocycles. The third kappa shape index (κ3) is 2.92. The molecule has 3 aromatic carbocycles. The molecule has 0 unspecified atom stereocenters. The highest BCUT2D eigenvalue weighted by Crippen LogP contribution is 2.45. The van der Waals surface area contributed by atoms with Gasteiger partial charge in [0.1, 0.15) is 17.3 Å². The molecule has 0 spiro atoms. The number of ether oxygens (including phenoxy) is 1. The SMILES string of the molecule is CC1(C)C(C=CC2=C3Oc4cc(O)ccc4C=C3CCC2)=Nc2ccc3ccccc3c21. The van der Waals surface area contributed by atoms with Crippen molar-refractivity contribution < 1.29 is 9.84 Å². The van der Waals surface area contributed by atoms with Crippen LogP contribution in [0.5, 0.6) is 11.5 Å². The van der Waals surface area contributed by atoms with Gasteiger partial charge >= 0.3 is 0 Å².